The van der Waals surface area contributed by atoms with E-state index in [1.165, 1.54) is 0 Å². The number of esters is 1. The average Bonchev–Trinajstić information content (AvgIpc) is 2.50. The lowest BCUT2D eigenvalue weighted by molar-refractivity contribution is 0.0524. The smallest absolute Gasteiger partial charge is 0.342 e. The molecule has 0 radical (unpaired) electrons. The van der Waals surface area contributed by atoms with Gasteiger partial charge >= 0.3 is 5.97 Å². The van der Waals surface area contributed by atoms with Crippen molar-refractivity contribution in [3.63, 3.8) is 0 Å². The highest BCUT2D eigenvalue weighted by Crippen LogP contribution is 2.36. The molecule has 0 saturated heterocycles. The number of phenolic OH excluding ortho intramolecular Hbond substituents is 1. The lowest BCUT2D eigenvalue weighted by Crippen LogP contribution is -2.10. The summed E-state index contributed by atoms with van der Waals surface area (Å²) >= 11 is 5.92. The highest BCUT2D eigenvalue weighted by Gasteiger charge is 2.23. The van der Waals surface area contributed by atoms with Crippen LogP contribution < -0.4 is 0 Å². The number of aromatic hydroxyl groups is 1. The fourth-order valence-corrected chi connectivity index (χ4v) is 2.78. The first-order valence-electron chi connectivity index (χ1n) is 7.24. The van der Waals surface area contributed by atoms with Gasteiger partial charge in [-0.05, 0) is 43.0 Å². The van der Waals surface area contributed by atoms with E-state index in [0.717, 1.165) is 16.7 Å². The van der Waals surface area contributed by atoms with Gasteiger partial charge in [-0.15, -0.1) is 11.6 Å². The number of hydrogen-bond acceptors (Lipinski definition) is 3. The molecule has 1 N–H and O–H groups in total. The molecular weight excluding hydrogens is 300 g/mol. The van der Waals surface area contributed by atoms with Crippen LogP contribution in [0.25, 0.3) is 11.1 Å². The molecule has 0 amide bonds. The number of benzene rings is 2. The average molecular weight is 319 g/mol. The quantitative estimate of drug-likeness (QED) is 0.659. The number of ether oxygens (including phenoxy) is 1. The van der Waals surface area contributed by atoms with Crippen LogP contribution in [0.15, 0.2) is 36.4 Å². The molecule has 3 nitrogen and oxygen atoms in total. The molecular formula is C18H19ClO3. The predicted octanol–water partition coefficient (Wildman–Crippen LogP) is 4.33. The van der Waals surface area contributed by atoms with Gasteiger partial charge in [0.05, 0.1) is 6.61 Å². The molecule has 0 aliphatic rings. The van der Waals surface area contributed by atoms with Crippen LogP contribution in [0.5, 0.6) is 5.75 Å². The van der Waals surface area contributed by atoms with E-state index in [0.29, 0.717) is 17.9 Å². The summed E-state index contributed by atoms with van der Waals surface area (Å²) in [6.07, 6.45) is 0.615. The predicted molar refractivity (Wildman–Crippen MR) is 88.7 cm³/mol. The van der Waals surface area contributed by atoms with Crippen LogP contribution in [0.2, 0.25) is 0 Å². The molecule has 0 fully saturated rings. The van der Waals surface area contributed by atoms with E-state index in [9.17, 15) is 9.90 Å². The van der Waals surface area contributed by atoms with Crippen molar-refractivity contribution < 1.29 is 14.6 Å². The highest BCUT2D eigenvalue weighted by atomic mass is 35.5. The monoisotopic (exact) mass is 318 g/mol. The first-order chi connectivity index (χ1) is 10.6. The van der Waals surface area contributed by atoms with Gasteiger partial charge in [-0.2, -0.15) is 0 Å². The SMILES string of the molecule is CCOC(=O)c1c(O)cc(C)c(CCCl)c1-c1ccccc1. The first kappa shape index (κ1) is 16.4. The Kier molecular flexibility index (Phi) is 5.45. The number of hydrogen-bond donors (Lipinski definition) is 1. The lowest BCUT2D eigenvalue weighted by atomic mass is 9.89. The lowest BCUT2D eigenvalue weighted by Gasteiger charge is -2.18. The van der Waals surface area contributed by atoms with Crippen LogP contribution >= 0.6 is 11.6 Å². The summed E-state index contributed by atoms with van der Waals surface area (Å²) in [6.45, 7) is 3.90. The number of aryl methyl sites for hydroxylation is 1. The number of halogens is 1. The van der Waals surface area contributed by atoms with Gasteiger partial charge in [-0.25, -0.2) is 4.79 Å². The third kappa shape index (κ3) is 3.25. The standard InChI is InChI=1S/C18H19ClO3/c1-3-22-18(21)17-15(20)11-12(2)14(9-10-19)16(17)13-7-5-4-6-8-13/h4-8,11,20H,3,9-10H2,1-2H3. The number of alkyl halides is 1. The minimum Gasteiger partial charge on any atom is -0.507 e. The fourth-order valence-electron chi connectivity index (χ4n) is 2.59. The molecule has 0 aliphatic carbocycles. The Morgan fingerprint density at radius 2 is 1.95 bits per heavy atom. The van der Waals surface area contributed by atoms with Crippen molar-refractivity contribution in [1.29, 1.82) is 0 Å². The van der Waals surface area contributed by atoms with E-state index in [2.05, 4.69) is 0 Å². The van der Waals surface area contributed by atoms with Crippen LogP contribution in [-0.2, 0) is 11.2 Å². The Hall–Kier alpha value is -2.00. The van der Waals surface area contributed by atoms with Crippen molar-refractivity contribution in [1.82, 2.24) is 0 Å². The van der Waals surface area contributed by atoms with Crippen LogP contribution in [0.4, 0.5) is 0 Å². The first-order valence-corrected chi connectivity index (χ1v) is 7.77. The second-order valence-corrected chi connectivity index (χ2v) is 5.34. The molecule has 0 aliphatic heterocycles. The maximum Gasteiger partial charge on any atom is 0.342 e. The Labute approximate surface area is 135 Å². The molecule has 22 heavy (non-hydrogen) atoms. The minimum atomic E-state index is -0.519. The Balaban J connectivity index is 2.76. The van der Waals surface area contributed by atoms with Gasteiger partial charge in [0.1, 0.15) is 11.3 Å². The highest BCUT2D eigenvalue weighted by molar-refractivity contribution is 6.18. The van der Waals surface area contributed by atoms with Crippen LogP contribution in [0, 0.1) is 6.92 Å². The third-order valence-electron chi connectivity index (χ3n) is 3.52. The van der Waals surface area contributed by atoms with Crippen LogP contribution in [0.3, 0.4) is 0 Å². The van der Waals surface area contributed by atoms with Crippen molar-refractivity contribution in [2.75, 3.05) is 12.5 Å². The third-order valence-corrected chi connectivity index (χ3v) is 3.71. The summed E-state index contributed by atoms with van der Waals surface area (Å²) in [5, 5.41) is 10.3. The van der Waals surface area contributed by atoms with Gasteiger partial charge in [0.15, 0.2) is 0 Å². The topological polar surface area (TPSA) is 46.5 Å². The van der Waals surface area contributed by atoms with E-state index in [-0.39, 0.29) is 17.9 Å². The number of carbonyl (C=O) groups excluding carboxylic acids is 1. The maximum absolute atomic E-state index is 12.3. The van der Waals surface area contributed by atoms with Gasteiger partial charge in [-0.3, -0.25) is 0 Å². The summed E-state index contributed by atoms with van der Waals surface area (Å²) in [5.74, 6) is -0.143. The summed E-state index contributed by atoms with van der Waals surface area (Å²) in [6, 6.07) is 11.1. The second kappa shape index (κ2) is 7.32. The van der Waals surface area contributed by atoms with Gasteiger partial charge in [0, 0.05) is 11.4 Å². The van der Waals surface area contributed by atoms with E-state index in [4.69, 9.17) is 16.3 Å². The Morgan fingerprint density at radius 1 is 1.27 bits per heavy atom. The zero-order valence-corrected chi connectivity index (χ0v) is 13.5. The Bertz CT molecular complexity index is 666. The normalized spacial score (nSPS) is 10.5. The van der Waals surface area contributed by atoms with Crippen molar-refractivity contribution in [2.24, 2.45) is 0 Å². The molecule has 2 aromatic carbocycles. The molecule has 0 aromatic heterocycles. The Morgan fingerprint density at radius 3 is 2.55 bits per heavy atom. The van der Waals surface area contributed by atoms with Gasteiger partial charge in [-0.1, -0.05) is 30.3 Å². The summed E-state index contributed by atoms with van der Waals surface area (Å²) in [7, 11) is 0. The molecule has 2 rings (SSSR count). The minimum absolute atomic E-state index is 0.0619. The van der Waals surface area contributed by atoms with E-state index >= 15 is 0 Å². The largest absolute Gasteiger partial charge is 0.507 e. The van der Waals surface area contributed by atoms with Crippen molar-refractivity contribution in [3.05, 3.63) is 53.1 Å². The maximum atomic E-state index is 12.3. The summed E-state index contributed by atoms with van der Waals surface area (Å²) in [5.41, 5.74) is 3.65. The van der Waals surface area contributed by atoms with Crippen molar-refractivity contribution in [2.45, 2.75) is 20.3 Å². The number of phenols is 1. The van der Waals surface area contributed by atoms with Gasteiger partial charge in [0.25, 0.3) is 0 Å². The molecule has 0 unspecified atom stereocenters. The van der Waals surface area contributed by atoms with Crippen molar-refractivity contribution in [3.8, 4) is 16.9 Å². The summed E-state index contributed by atoms with van der Waals surface area (Å²) in [4.78, 5) is 12.3. The van der Waals surface area contributed by atoms with E-state index < -0.39 is 5.97 Å². The molecule has 0 saturated carbocycles. The van der Waals surface area contributed by atoms with E-state index in [1.54, 1.807) is 13.0 Å². The number of carbonyl (C=O) groups is 1. The molecule has 4 heteroatoms. The van der Waals surface area contributed by atoms with Crippen LogP contribution in [-0.4, -0.2) is 23.6 Å². The van der Waals surface area contributed by atoms with Gasteiger partial charge < -0.3 is 9.84 Å². The summed E-state index contributed by atoms with van der Waals surface area (Å²) < 4.78 is 5.11. The molecule has 0 atom stereocenters. The zero-order valence-electron chi connectivity index (χ0n) is 12.7. The second-order valence-electron chi connectivity index (χ2n) is 4.97. The fraction of sp³-hybridized carbons (Fsp3) is 0.278. The van der Waals surface area contributed by atoms with Gasteiger partial charge in [0.2, 0.25) is 0 Å². The number of rotatable bonds is 5. The molecule has 0 heterocycles. The van der Waals surface area contributed by atoms with Crippen LogP contribution in [0.1, 0.15) is 28.4 Å². The van der Waals surface area contributed by atoms with E-state index in [1.807, 2.05) is 37.3 Å². The molecule has 2 aromatic rings. The molecule has 116 valence electrons. The molecule has 0 bridgehead atoms. The zero-order chi connectivity index (χ0) is 16.1. The van der Waals surface area contributed by atoms with Crippen molar-refractivity contribution >= 4 is 17.6 Å². The molecule has 0 spiro atoms.